The Labute approximate surface area is 171 Å². The highest BCUT2D eigenvalue weighted by Crippen LogP contribution is 2.30. The van der Waals surface area contributed by atoms with Gasteiger partial charge < -0.3 is 10.2 Å². The molecule has 5 nitrogen and oxygen atoms in total. The predicted molar refractivity (Wildman–Crippen MR) is 98.5 cm³/mol. The molecule has 28 heavy (non-hydrogen) atoms. The maximum atomic E-state index is 13.1. The van der Waals surface area contributed by atoms with Gasteiger partial charge in [0.15, 0.2) is 0 Å². The van der Waals surface area contributed by atoms with Gasteiger partial charge in [-0.1, -0.05) is 0 Å². The monoisotopic (exact) mass is 450 g/mol. The molecule has 0 saturated carbocycles. The number of piperidine rings is 1. The number of anilines is 1. The molecule has 0 bridgehead atoms. The van der Waals surface area contributed by atoms with Crippen LogP contribution in [0.5, 0.6) is 0 Å². The summed E-state index contributed by atoms with van der Waals surface area (Å²) >= 11 is 0. The van der Waals surface area contributed by atoms with E-state index in [4.69, 9.17) is 0 Å². The number of alkyl halides is 5. The maximum Gasteiger partial charge on any atom is 0.417 e. The largest absolute Gasteiger partial charge is 0.417 e. The SMILES string of the molecule is Cl.Cl.O=C(NC1CCN(c2ccc(C(F)(F)F)cn2)CC1)C1CC(F)(F)CN1. The number of hydrogen-bond acceptors (Lipinski definition) is 4. The van der Waals surface area contributed by atoms with Crippen LogP contribution < -0.4 is 15.5 Å². The first-order valence-electron chi connectivity index (χ1n) is 8.34. The van der Waals surface area contributed by atoms with E-state index in [0.29, 0.717) is 31.7 Å². The highest BCUT2D eigenvalue weighted by molar-refractivity contribution is 5.85. The fourth-order valence-corrected chi connectivity index (χ4v) is 3.20. The molecule has 1 amide bonds. The van der Waals surface area contributed by atoms with E-state index < -0.39 is 42.6 Å². The molecule has 0 aromatic carbocycles. The Morgan fingerprint density at radius 3 is 2.32 bits per heavy atom. The average molecular weight is 451 g/mol. The second-order valence-corrected chi connectivity index (χ2v) is 6.67. The van der Waals surface area contributed by atoms with Crippen LogP contribution in [0.3, 0.4) is 0 Å². The number of nitrogens with zero attached hydrogens (tertiary/aromatic N) is 2. The Morgan fingerprint density at radius 1 is 1.21 bits per heavy atom. The number of hydrogen-bond donors (Lipinski definition) is 2. The highest BCUT2D eigenvalue weighted by Gasteiger charge is 2.42. The fraction of sp³-hybridized carbons (Fsp3) is 0.625. The molecular formula is C16H21Cl2F5N4O. The summed E-state index contributed by atoms with van der Waals surface area (Å²) in [4.78, 5) is 17.7. The molecule has 1 atom stereocenters. The van der Waals surface area contributed by atoms with Gasteiger partial charge in [0, 0.05) is 31.7 Å². The zero-order chi connectivity index (χ0) is 18.9. The third-order valence-corrected chi connectivity index (χ3v) is 4.67. The second kappa shape index (κ2) is 9.41. The number of amides is 1. The minimum absolute atomic E-state index is 0. The quantitative estimate of drug-likeness (QED) is 0.695. The van der Waals surface area contributed by atoms with Crippen LogP contribution in [-0.2, 0) is 11.0 Å². The third kappa shape index (κ3) is 6.05. The summed E-state index contributed by atoms with van der Waals surface area (Å²) in [7, 11) is 0. The molecule has 0 aliphatic carbocycles. The van der Waals surface area contributed by atoms with Gasteiger partial charge in [0.2, 0.25) is 5.91 Å². The molecule has 0 radical (unpaired) electrons. The molecule has 3 heterocycles. The molecule has 160 valence electrons. The zero-order valence-electron chi connectivity index (χ0n) is 14.6. The van der Waals surface area contributed by atoms with Crippen LogP contribution >= 0.6 is 24.8 Å². The third-order valence-electron chi connectivity index (χ3n) is 4.67. The highest BCUT2D eigenvalue weighted by atomic mass is 35.5. The van der Waals surface area contributed by atoms with Crippen molar-refractivity contribution >= 4 is 36.5 Å². The molecule has 3 rings (SSSR count). The van der Waals surface area contributed by atoms with E-state index in [0.717, 1.165) is 12.3 Å². The lowest BCUT2D eigenvalue weighted by atomic mass is 10.0. The lowest BCUT2D eigenvalue weighted by Gasteiger charge is -2.33. The zero-order valence-corrected chi connectivity index (χ0v) is 16.3. The number of carbonyl (C=O) groups is 1. The van der Waals surface area contributed by atoms with Crippen molar-refractivity contribution in [1.29, 1.82) is 0 Å². The van der Waals surface area contributed by atoms with Gasteiger partial charge in [-0.25, -0.2) is 13.8 Å². The number of nitrogens with one attached hydrogen (secondary N) is 2. The number of halogens is 7. The summed E-state index contributed by atoms with van der Waals surface area (Å²) in [5, 5.41) is 5.28. The van der Waals surface area contributed by atoms with Crippen molar-refractivity contribution in [2.24, 2.45) is 0 Å². The Hall–Kier alpha value is -1.39. The van der Waals surface area contributed by atoms with Crippen molar-refractivity contribution in [1.82, 2.24) is 15.6 Å². The molecule has 2 fully saturated rings. The Kier molecular flexibility index (Phi) is 8.28. The molecule has 1 aromatic heterocycles. The summed E-state index contributed by atoms with van der Waals surface area (Å²) in [5.41, 5.74) is -0.802. The van der Waals surface area contributed by atoms with Crippen molar-refractivity contribution in [3.05, 3.63) is 23.9 Å². The first-order chi connectivity index (χ1) is 12.1. The van der Waals surface area contributed by atoms with Crippen LogP contribution in [-0.4, -0.2) is 48.5 Å². The van der Waals surface area contributed by atoms with Crippen molar-refractivity contribution in [2.75, 3.05) is 24.5 Å². The van der Waals surface area contributed by atoms with Crippen LogP contribution in [0.15, 0.2) is 18.3 Å². The van der Waals surface area contributed by atoms with Crippen molar-refractivity contribution in [3.63, 3.8) is 0 Å². The average Bonchev–Trinajstić information content (AvgIpc) is 2.95. The number of rotatable bonds is 3. The van der Waals surface area contributed by atoms with Crippen molar-refractivity contribution in [3.8, 4) is 0 Å². The van der Waals surface area contributed by atoms with E-state index in [1.807, 2.05) is 4.90 Å². The first-order valence-corrected chi connectivity index (χ1v) is 8.34. The Bertz CT molecular complexity index is 651. The first kappa shape index (κ1) is 24.6. The molecule has 2 N–H and O–H groups in total. The van der Waals surface area contributed by atoms with Gasteiger partial charge in [-0.05, 0) is 25.0 Å². The molecule has 2 aliphatic rings. The van der Waals surface area contributed by atoms with Crippen molar-refractivity contribution in [2.45, 2.75) is 43.4 Å². The second-order valence-electron chi connectivity index (χ2n) is 6.67. The van der Waals surface area contributed by atoms with Gasteiger partial charge in [0.25, 0.3) is 5.92 Å². The summed E-state index contributed by atoms with van der Waals surface area (Å²) in [5.74, 6) is -2.85. The standard InChI is InChI=1S/C16H19F5N4O.2ClH/c17-15(18)7-12(23-9-15)14(26)24-11-3-5-25(6-4-11)13-2-1-10(8-22-13)16(19,20)21;;/h1-2,8,11-12,23H,3-7,9H2,(H,24,26);2*1H. The molecular weight excluding hydrogens is 430 g/mol. The summed E-state index contributed by atoms with van der Waals surface area (Å²) in [6.07, 6.45) is -2.99. The van der Waals surface area contributed by atoms with Crippen molar-refractivity contribution < 1.29 is 26.7 Å². The number of aromatic nitrogens is 1. The van der Waals surface area contributed by atoms with Crippen LogP contribution in [0.25, 0.3) is 0 Å². The van der Waals surface area contributed by atoms with E-state index >= 15 is 0 Å². The molecule has 2 saturated heterocycles. The minimum Gasteiger partial charge on any atom is -0.356 e. The van der Waals surface area contributed by atoms with Gasteiger partial charge in [0.05, 0.1) is 18.2 Å². The van der Waals surface area contributed by atoms with E-state index in [-0.39, 0.29) is 30.9 Å². The Balaban J connectivity index is 0.00000196. The minimum atomic E-state index is -4.42. The van der Waals surface area contributed by atoms with Crippen LogP contribution in [0, 0.1) is 0 Å². The van der Waals surface area contributed by atoms with Gasteiger partial charge >= 0.3 is 6.18 Å². The van der Waals surface area contributed by atoms with E-state index in [1.54, 1.807) is 0 Å². The smallest absolute Gasteiger partial charge is 0.356 e. The maximum absolute atomic E-state index is 13.1. The normalized spacial score (nSPS) is 22.2. The molecule has 1 unspecified atom stereocenters. The summed E-state index contributed by atoms with van der Waals surface area (Å²) in [6.45, 7) is 0.526. The molecule has 0 spiro atoms. The molecule has 2 aliphatic heterocycles. The number of pyridine rings is 1. The van der Waals surface area contributed by atoms with Gasteiger partial charge in [-0.15, -0.1) is 24.8 Å². The topological polar surface area (TPSA) is 57.3 Å². The van der Waals surface area contributed by atoms with Crippen LogP contribution in [0.1, 0.15) is 24.8 Å². The summed E-state index contributed by atoms with van der Waals surface area (Å²) < 4.78 is 64.0. The van der Waals surface area contributed by atoms with Gasteiger partial charge in [0.1, 0.15) is 5.82 Å². The Morgan fingerprint density at radius 2 is 1.86 bits per heavy atom. The lowest BCUT2D eigenvalue weighted by Crippen LogP contribution is -2.49. The van der Waals surface area contributed by atoms with Crippen LogP contribution in [0.2, 0.25) is 0 Å². The number of carbonyl (C=O) groups excluding carboxylic acids is 1. The van der Waals surface area contributed by atoms with Gasteiger partial charge in [-0.2, -0.15) is 13.2 Å². The van der Waals surface area contributed by atoms with E-state index in [1.165, 1.54) is 6.07 Å². The lowest BCUT2D eigenvalue weighted by molar-refractivity contribution is -0.137. The summed E-state index contributed by atoms with van der Waals surface area (Å²) in [6, 6.07) is 1.28. The van der Waals surface area contributed by atoms with E-state index in [2.05, 4.69) is 15.6 Å². The van der Waals surface area contributed by atoms with Crippen LogP contribution in [0.4, 0.5) is 27.8 Å². The molecule has 12 heteroatoms. The van der Waals surface area contributed by atoms with Gasteiger partial charge in [-0.3, -0.25) is 10.1 Å². The predicted octanol–water partition coefficient (Wildman–Crippen LogP) is 3.03. The fourth-order valence-electron chi connectivity index (χ4n) is 3.20. The molecule has 1 aromatic rings. The van der Waals surface area contributed by atoms with E-state index in [9.17, 15) is 26.7 Å².